The Kier molecular flexibility index (Phi) is 4.83. The Morgan fingerprint density at radius 2 is 1.96 bits per heavy atom. The van der Waals surface area contributed by atoms with E-state index in [9.17, 15) is 4.79 Å². The Morgan fingerprint density at radius 3 is 2.58 bits per heavy atom. The molecule has 0 aliphatic carbocycles. The van der Waals surface area contributed by atoms with Crippen LogP contribution in [0.3, 0.4) is 0 Å². The first-order valence-corrected chi connectivity index (χ1v) is 8.02. The molecule has 0 atom stereocenters. The van der Waals surface area contributed by atoms with Gasteiger partial charge in [-0.3, -0.25) is 4.79 Å². The summed E-state index contributed by atoms with van der Waals surface area (Å²) in [6.45, 7) is 3.18. The number of carbonyl (C=O) groups excluding carboxylic acids is 1. The lowest BCUT2D eigenvalue weighted by atomic mass is 9.89. The topological polar surface area (TPSA) is 88.3 Å². The van der Waals surface area contributed by atoms with Gasteiger partial charge >= 0.3 is 0 Å². The number of rotatable bonds is 4. The van der Waals surface area contributed by atoms with E-state index in [1.54, 1.807) is 14.0 Å². The number of amides is 1. The molecule has 8 nitrogen and oxygen atoms in total. The fourth-order valence-corrected chi connectivity index (χ4v) is 2.88. The number of hydrogen-bond acceptors (Lipinski definition) is 6. The van der Waals surface area contributed by atoms with E-state index in [1.165, 1.54) is 10.4 Å². The number of hydrazone groups is 1. The molecule has 3 rings (SSSR count). The number of carbonyl (C=O) groups is 1. The Balaban J connectivity index is 1.54. The molecule has 1 saturated heterocycles. The van der Waals surface area contributed by atoms with Gasteiger partial charge in [-0.25, -0.2) is 5.43 Å². The molecular formula is C16H21N7O. The molecule has 2 heterocycles. The number of likely N-dealkylation sites (tertiary alicyclic amines) is 1. The Bertz CT molecular complexity index is 717. The fourth-order valence-electron chi connectivity index (χ4n) is 2.88. The summed E-state index contributed by atoms with van der Waals surface area (Å²) in [6.07, 6.45) is 1.95. The zero-order valence-corrected chi connectivity index (χ0v) is 13.9. The summed E-state index contributed by atoms with van der Waals surface area (Å²) in [4.78, 5) is 15.6. The van der Waals surface area contributed by atoms with Crippen LogP contribution < -0.4 is 5.43 Å². The van der Waals surface area contributed by atoms with Crippen LogP contribution in [-0.4, -0.2) is 49.8 Å². The molecule has 0 bridgehead atoms. The second kappa shape index (κ2) is 7.20. The summed E-state index contributed by atoms with van der Waals surface area (Å²) >= 11 is 0. The summed E-state index contributed by atoms with van der Waals surface area (Å²) in [7, 11) is 1.66. The second-order valence-electron chi connectivity index (χ2n) is 5.89. The highest BCUT2D eigenvalue weighted by Crippen LogP contribution is 2.27. The van der Waals surface area contributed by atoms with E-state index in [1.807, 2.05) is 11.0 Å². The van der Waals surface area contributed by atoms with Crippen molar-refractivity contribution >= 4 is 17.6 Å². The minimum Gasteiger partial charge on any atom is -0.338 e. The molecule has 1 N–H and O–H groups in total. The molecule has 1 aromatic carbocycles. The molecule has 1 aromatic heterocycles. The van der Waals surface area contributed by atoms with Crippen molar-refractivity contribution in [2.24, 2.45) is 12.1 Å². The van der Waals surface area contributed by atoms with Crippen LogP contribution in [0.15, 0.2) is 35.4 Å². The molecule has 8 heteroatoms. The van der Waals surface area contributed by atoms with Gasteiger partial charge < -0.3 is 4.90 Å². The molecule has 0 spiro atoms. The minimum absolute atomic E-state index is 0.0575. The van der Waals surface area contributed by atoms with E-state index in [-0.39, 0.29) is 11.9 Å². The molecule has 1 aliphatic heterocycles. The first-order valence-electron chi connectivity index (χ1n) is 8.02. The van der Waals surface area contributed by atoms with Crippen molar-refractivity contribution < 1.29 is 4.79 Å². The summed E-state index contributed by atoms with van der Waals surface area (Å²) in [5.74, 6) is 0.736. The molecule has 1 amide bonds. The van der Waals surface area contributed by atoms with E-state index in [4.69, 9.17) is 0 Å². The van der Waals surface area contributed by atoms with E-state index in [2.05, 4.69) is 50.2 Å². The maximum absolute atomic E-state index is 12.5. The van der Waals surface area contributed by atoms with Crippen molar-refractivity contribution in [3.05, 3.63) is 35.9 Å². The number of nitrogens with zero attached hydrogens (tertiary/aromatic N) is 6. The van der Waals surface area contributed by atoms with Crippen molar-refractivity contribution in [1.82, 2.24) is 25.1 Å². The van der Waals surface area contributed by atoms with E-state index in [0.717, 1.165) is 25.9 Å². The summed E-state index contributed by atoms with van der Waals surface area (Å²) in [6, 6.07) is 10.5. The lowest BCUT2D eigenvalue weighted by molar-refractivity contribution is -0.125. The third-order valence-corrected chi connectivity index (χ3v) is 4.19. The first kappa shape index (κ1) is 16.1. The lowest BCUT2D eigenvalue weighted by Gasteiger charge is -2.32. The first-order chi connectivity index (χ1) is 11.6. The van der Waals surface area contributed by atoms with Crippen molar-refractivity contribution in [3.63, 3.8) is 0 Å². The minimum atomic E-state index is -0.0575. The zero-order chi connectivity index (χ0) is 16.9. The third-order valence-electron chi connectivity index (χ3n) is 4.19. The van der Waals surface area contributed by atoms with Crippen LogP contribution >= 0.6 is 0 Å². The molecule has 0 radical (unpaired) electrons. The molecule has 126 valence electrons. The highest BCUT2D eigenvalue weighted by Gasteiger charge is 2.25. The molecule has 0 saturated carbocycles. The van der Waals surface area contributed by atoms with E-state index in [0.29, 0.717) is 11.6 Å². The van der Waals surface area contributed by atoms with Crippen LogP contribution in [-0.2, 0) is 11.8 Å². The summed E-state index contributed by atoms with van der Waals surface area (Å²) in [5, 5.41) is 15.5. The highest BCUT2D eigenvalue weighted by atomic mass is 16.2. The molecule has 1 fully saturated rings. The van der Waals surface area contributed by atoms with Crippen molar-refractivity contribution in [2.75, 3.05) is 18.5 Å². The quantitative estimate of drug-likeness (QED) is 0.677. The van der Waals surface area contributed by atoms with Crippen molar-refractivity contribution in [3.8, 4) is 0 Å². The second-order valence-corrected chi connectivity index (χ2v) is 5.89. The van der Waals surface area contributed by atoms with Crippen LogP contribution in [0.5, 0.6) is 0 Å². The van der Waals surface area contributed by atoms with Gasteiger partial charge in [-0.15, -0.1) is 5.10 Å². The van der Waals surface area contributed by atoms with Crippen molar-refractivity contribution in [1.29, 1.82) is 0 Å². The molecule has 24 heavy (non-hydrogen) atoms. The van der Waals surface area contributed by atoms with Gasteiger partial charge in [0, 0.05) is 13.1 Å². The van der Waals surface area contributed by atoms with E-state index < -0.39 is 0 Å². The number of nitrogens with one attached hydrogen (secondary N) is 1. The number of tetrazole rings is 1. The standard InChI is InChI=1S/C16H21N7O/c1-12(17-18-16-19-21-22(2)20-16)15(24)23-10-8-14(9-11-23)13-6-4-3-5-7-13/h3-7,14H,8-11H2,1-2H3,(H,18,20)/b17-12+. The SMILES string of the molecule is C/C(=N\Nc1nnn(C)n1)C(=O)N1CCC(c2ccccc2)CC1. The Morgan fingerprint density at radius 1 is 1.25 bits per heavy atom. The number of anilines is 1. The molecular weight excluding hydrogens is 306 g/mol. The Labute approximate surface area is 140 Å². The predicted octanol–water partition coefficient (Wildman–Crippen LogP) is 1.40. The smallest absolute Gasteiger partial charge is 0.283 e. The zero-order valence-electron chi connectivity index (χ0n) is 13.9. The Hall–Kier alpha value is -2.77. The van der Waals surface area contributed by atoms with Crippen molar-refractivity contribution in [2.45, 2.75) is 25.7 Å². The number of benzene rings is 1. The van der Waals surface area contributed by atoms with Crippen LogP contribution in [0.2, 0.25) is 0 Å². The highest BCUT2D eigenvalue weighted by molar-refractivity contribution is 6.37. The average Bonchev–Trinajstić information content (AvgIpc) is 3.05. The van der Waals surface area contributed by atoms with Crippen LogP contribution in [0, 0.1) is 0 Å². The van der Waals surface area contributed by atoms with Gasteiger partial charge in [0.15, 0.2) is 0 Å². The van der Waals surface area contributed by atoms with Crippen LogP contribution in [0.4, 0.5) is 5.95 Å². The molecule has 1 aliphatic rings. The van der Waals surface area contributed by atoms with Gasteiger partial charge in [-0.1, -0.05) is 35.4 Å². The molecule has 2 aromatic rings. The summed E-state index contributed by atoms with van der Waals surface area (Å²) in [5.41, 5.74) is 4.40. The van der Waals surface area contributed by atoms with Gasteiger partial charge in [0.05, 0.1) is 7.05 Å². The van der Waals surface area contributed by atoms with Crippen LogP contribution in [0.25, 0.3) is 0 Å². The fraction of sp³-hybridized carbons (Fsp3) is 0.438. The monoisotopic (exact) mass is 327 g/mol. The lowest BCUT2D eigenvalue weighted by Crippen LogP contribution is -2.41. The maximum atomic E-state index is 12.5. The number of piperidine rings is 1. The summed E-state index contributed by atoms with van der Waals surface area (Å²) < 4.78 is 0. The number of aromatic nitrogens is 4. The average molecular weight is 327 g/mol. The maximum Gasteiger partial charge on any atom is 0.283 e. The largest absolute Gasteiger partial charge is 0.338 e. The van der Waals surface area contributed by atoms with Gasteiger partial charge in [0.2, 0.25) is 0 Å². The van der Waals surface area contributed by atoms with E-state index >= 15 is 0 Å². The predicted molar refractivity (Wildman–Crippen MR) is 90.5 cm³/mol. The van der Waals surface area contributed by atoms with Gasteiger partial charge in [0.1, 0.15) is 5.71 Å². The molecule has 0 unspecified atom stereocenters. The van der Waals surface area contributed by atoms with Gasteiger partial charge in [0.25, 0.3) is 11.9 Å². The number of aryl methyl sites for hydroxylation is 1. The van der Waals surface area contributed by atoms with Crippen LogP contribution in [0.1, 0.15) is 31.2 Å². The van der Waals surface area contributed by atoms with Gasteiger partial charge in [-0.05, 0) is 36.5 Å². The van der Waals surface area contributed by atoms with Gasteiger partial charge in [-0.2, -0.15) is 9.90 Å². The normalized spacial score (nSPS) is 16.2. The number of hydrogen-bond donors (Lipinski definition) is 1. The third kappa shape index (κ3) is 3.76.